The van der Waals surface area contributed by atoms with Crippen molar-refractivity contribution in [1.82, 2.24) is 0 Å². The van der Waals surface area contributed by atoms with E-state index >= 15 is 0 Å². The van der Waals surface area contributed by atoms with Gasteiger partial charge in [-0.05, 0) is 24.6 Å². The number of nitrogen functional groups attached to an aromatic ring is 1. The minimum absolute atomic E-state index is 0.0787. The van der Waals surface area contributed by atoms with Gasteiger partial charge in [-0.3, -0.25) is 0 Å². The Morgan fingerprint density at radius 3 is 2.65 bits per heavy atom. The van der Waals surface area contributed by atoms with Crippen molar-refractivity contribution in [3.63, 3.8) is 0 Å². The van der Waals surface area contributed by atoms with Gasteiger partial charge in [0.05, 0.1) is 5.75 Å². The van der Waals surface area contributed by atoms with E-state index in [1.807, 2.05) is 6.92 Å². The Hall–Kier alpha value is -0.750. The molecule has 0 aromatic heterocycles. The first kappa shape index (κ1) is 14.3. The van der Waals surface area contributed by atoms with Crippen molar-refractivity contribution in [1.29, 1.82) is 0 Å². The molecule has 0 saturated carbocycles. The molecule has 0 fully saturated rings. The van der Waals surface area contributed by atoms with E-state index in [1.165, 1.54) is 17.8 Å². The van der Waals surface area contributed by atoms with Gasteiger partial charge in [-0.2, -0.15) is 0 Å². The molecule has 0 atom stereocenters. The van der Waals surface area contributed by atoms with Gasteiger partial charge in [-0.1, -0.05) is 6.92 Å². The molecular weight excluding hydrogens is 261 g/mol. The highest BCUT2D eigenvalue weighted by molar-refractivity contribution is 8.00. The van der Waals surface area contributed by atoms with Gasteiger partial charge in [0.25, 0.3) is 0 Å². The van der Waals surface area contributed by atoms with Crippen molar-refractivity contribution in [2.24, 2.45) is 0 Å². The molecule has 0 radical (unpaired) electrons. The van der Waals surface area contributed by atoms with E-state index in [9.17, 15) is 12.8 Å². The lowest BCUT2D eigenvalue weighted by Crippen LogP contribution is -2.12. The van der Waals surface area contributed by atoms with Crippen LogP contribution >= 0.6 is 11.8 Å². The lowest BCUT2D eigenvalue weighted by Gasteiger charge is -2.04. The molecule has 2 N–H and O–H groups in total. The first-order valence-electron chi connectivity index (χ1n) is 5.33. The molecular formula is C11H16FNO2S2. The number of hydrogen-bond donors (Lipinski definition) is 1. The van der Waals surface area contributed by atoms with Crippen LogP contribution in [-0.2, 0) is 9.84 Å². The highest BCUT2D eigenvalue weighted by atomic mass is 32.2. The Balaban J connectivity index is 2.51. The fourth-order valence-electron chi connectivity index (χ4n) is 1.33. The Labute approximate surface area is 106 Å². The number of anilines is 1. The van der Waals surface area contributed by atoms with Crippen LogP contribution in [0, 0.1) is 5.82 Å². The van der Waals surface area contributed by atoms with Crippen LogP contribution in [0.5, 0.6) is 0 Å². The molecule has 0 unspecified atom stereocenters. The normalized spacial score (nSPS) is 11.6. The monoisotopic (exact) mass is 277 g/mol. The molecule has 0 heterocycles. The summed E-state index contributed by atoms with van der Waals surface area (Å²) >= 11 is 1.20. The van der Waals surface area contributed by atoms with E-state index < -0.39 is 15.7 Å². The Morgan fingerprint density at radius 2 is 2.06 bits per heavy atom. The largest absolute Gasteiger partial charge is 0.399 e. The summed E-state index contributed by atoms with van der Waals surface area (Å²) in [5, 5.41) is 0. The number of nitrogens with two attached hydrogens (primary N) is 1. The van der Waals surface area contributed by atoms with Crippen LogP contribution in [0.3, 0.4) is 0 Å². The summed E-state index contributed by atoms with van der Waals surface area (Å²) in [7, 11) is -2.99. The van der Waals surface area contributed by atoms with Gasteiger partial charge < -0.3 is 5.73 Å². The third kappa shape index (κ3) is 4.95. The molecule has 0 aliphatic rings. The summed E-state index contributed by atoms with van der Waals surface area (Å²) in [6, 6.07) is 4.41. The SMILES string of the molecule is CCCS(=O)(=O)CCSc1ccc(N)cc1F. The average Bonchev–Trinajstić information content (AvgIpc) is 2.21. The zero-order valence-electron chi connectivity index (χ0n) is 9.65. The standard InChI is InChI=1S/C11H16FNO2S2/c1-2-6-17(14,15)7-5-16-11-4-3-9(13)8-10(11)12/h3-4,8H,2,5-7,13H2,1H3. The Bertz CT molecular complexity index is 474. The smallest absolute Gasteiger partial charge is 0.151 e. The second-order valence-electron chi connectivity index (χ2n) is 3.69. The van der Waals surface area contributed by atoms with Crippen LogP contribution in [0.1, 0.15) is 13.3 Å². The van der Waals surface area contributed by atoms with Gasteiger partial charge >= 0.3 is 0 Å². The van der Waals surface area contributed by atoms with Gasteiger partial charge in [0.1, 0.15) is 5.82 Å². The van der Waals surface area contributed by atoms with Crippen LogP contribution in [0.4, 0.5) is 10.1 Å². The zero-order chi connectivity index (χ0) is 12.9. The molecule has 0 bridgehead atoms. The summed E-state index contributed by atoms with van der Waals surface area (Å²) in [6.07, 6.45) is 0.614. The van der Waals surface area contributed by atoms with Crippen molar-refractivity contribution in [2.45, 2.75) is 18.2 Å². The second kappa shape index (κ2) is 6.26. The zero-order valence-corrected chi connectivity index (χ0v) is 11.3. The Morgan fingerprint density at radius 1 is 1.35 bits per heavy atom. The fraction of sp³-hybridized carbons (Fsp3) is 0.455. The molecule has 0 spiro atoms. The molecule has 17 heavy (non-hydrogen) atoms. The molecule has 1 aromatic carbocycles. The van der Waals surface area contributed by atoms with E-state index in [-0.39, 0.29) is 11.5 Å². The molecule has 1 aromatic rings. The maximum Gasteiger partial charge on any atom is 0.151 e. The number of halogens is 1. The molecule has 0 saturated heterocycles. The van der Waals surface area contributed by atoms with Crippen LogP contribution in [0.25, 0.3) is 0 Å². The first-order valence-corrected chi connectivity index (χ1v) is 8.13. The number of hydrogen-bond acceptors (Lipinski definition) is 4. The van der Waals surface area contributed by atoms with Gasteiger partial charge in [0, 0.05) is 22.1 Å². The summed E-state index contributed by atoms with van der Waals surface area (Å²) < 4.78 is 36.2. The summed E-state index contributed by atoms with van der Waals surface area (Å²) in [6.45, 7) is 1.82. The molecule has 0 aliphatic heterocycles. The average molecular weight is 277 g/mol. The minimum atomic E-state index is -2.99. The number of sulfone groups is 1. The number of thioether (sulfide) groups is 1. The molecule has 96 valence electrons. The van der Waals surface area contributed by atoms with Gasteiger partial charge in [-0.15, -0.1) is 11.8 Å². The predicted molar refractivity (Wildman–Crippen MR) is 70.5 cm³/mol. The van der Waals surface area contributed by atoms with Crippen molar-refractivity contribution in [3.05, 3.63) is 24.0 Å². The van der Waals surface area contributed by atoms with E-state index in [4.69, 9.17) is 5.73 Å². The number of benzene rings is 1. The van der Waals surface area contributed by atoms with Crippen molar-refractivity contribution >= 4 is 27.3 Å². The van der Waals surface area contributed by atoms with Crippen LogP contribution in [0.15, 0.2) is 23.1 Å². The highest BCUT2D eigenvalue weighted by Crippen LogP contribution is 2.23. The molecule has 0 amide bonds. The maximum atomic E-state index is 13.4. The van der Waals surface area contributed by atoms with Crippen LogP contribution < -0.4 is 5.73 Å². The summed E-state index contributed by atoms with van der Waals surface area (Å²) in [5.41, 5.74) is 5.79. The lowest BCUT2D eigenvalue weighted by molar-refractivity contribution is 0.595. The van der Waals surface area contributed by atoms with Crippen LogP contribution in [-0.4, -0.2) is 25.7 Å². The topological polar surface area (TPSA) is 60.2 Å². The van der Waals surface area contributed by atoms with Gasteiger partial charge in [0.2, 0.25) is 0 Å². The second-order valence-corrected chi connectivity index (χ2v) is 7.13. The number of rotatable bonds is 6. The quantitative estimate of drug-likeness (QED) is 0.640. The van der Waals surface area contributed by atoms with Gasteiger partial charge in [-0.25, -0.2) is 12.8 Å². The lowest BCUT2D eigenvalue weighted by atomic mass is 10.3. The van der Waals surface area contributed by atoms with Crippen LogP contribution in [0.2, 0.25) is 0 Å². The third-order valence-corrected chi connectivity index (χ3v) is 5.29. The van der Waals surface area contributed by atoms with Crippen molar-refractivity contribution in [3.8, 4) is 0 Å². The van der Waals surface area contributed by atoms with E-state index in [0.29, 0.717) is 22.8 Å². The molecule has 6 heteroatoms. The first-order chi connectivity index (χ1) is 7.94. The van der Waals surface area contributed by atoms with E-state index in [0.717, 1.165) is 0 Å². The fourth-order valence-corrected chi connectivity index (χ4v) is 4.08. The van der Waals surface area contributed by atoms with E-state index in [1.54, 1.807) is 12.1 Å². The van der Waals surface area contributed by atoms with Crippen molar-refractivity contribution in [2.75, 3.05) is 23.0 Å². The van der Waals surface area contributed by atoms with E-state index in [2.05, 4.69) is 0 Å². The third-order valence-electron chi connectivity index (χ3n) is 2.12. The minimum Gasteiger partial charge on any atom is -0.399 e. The Kier molecular flexibility index (Phi) is 5.27. The molecule has 3 nitrogen and oxygen atoms in total. The molecule has 1 rings (SSSR count). The maximum absolute atomic E-state index is 13.4. The van der Waals surface area contributed by atoms with Crippen molar-refractivity contribution < 1.29 is 12.8 Å². The summed E-state index contributed by atoms with van der Waals surface area (Å²) in [5.74, 6) is 0.235. The molecule has 0 aliphatic carbocycles. The highest BCUT2D eigenvalue weighted by Gasteiger charge is 2.10. The van der Waals surface area contributed by atoms with Gasteiger partial charge in [0.15, 0.2) is 9.84 Å². The predicted octanol–water partition coefficient (Wildman–Crippen LogP) is 2.32. The summed E-state index contributed by atoms with van der Waals surface area (Å²) in [4.78, 5) is 0.436.